The van der Waals surface area contributed by atoms with E-state index in [1.165, 1.54) is 30.5 Å². The van der Waals surface area contributed by atoms with Crippen LogP contribution in [0.2, 0.25) is 0 Å². The molecule has 2 rings (SSSR count). The highest BCUT2D eigenvalue weighted by Gasteiger charge is 2.28. The molecule has 2 heterocycles. The highest BCUT2D eigenvalue weighted by Crippen LogP contribution is 2.36. The SMILES string of the molecule is CCC1(C)CCN(c2cnccc2CN)CC1. The Bertz CT molecular complexity index is 367. The molecule has 1 aromatic rings. The molecule has 2 N–H and O–H groups in total. The van der Waals surface area contributed by atoms with Crippen molar-refractivity contribution in [2.45, 2.75) is 39.7 Å². The predicted molar refractivity (Wildman–Crippen MR) is 72.0 cm³/mol. The summed E-state index contributed by atoms with van der Waals surface area (Å²) in [5.41, 5.74) is 8.75. The molecule has 1 aliphatic heterocycles. The zero-order valence-electron chi connectivity index (χ0n) is 10.9. The van der Waals surface area contributed by atoms with Crippen molar-refractivity contribution in [3.05, 3.63) is 24.0 Å². The first-order chi connectivity index (χ1) is 8.18. The number of hydrogen-bond acceptors (Lipinski definition) is 3. The molecule has 1 fully saturated rings. The van der Waals surface area contributed by atoms with Gasteiger partial charge in [0.1, 0.15) is 0 Å². The first-order valence-electron chi connectivity index (χ1n) is 6.56. The van der Waals surface area contributed by atoms with Crippen LogP contribution in [0.3, 0.4) is 0 Å². The van der Waals surface area contributed by atoms with E-state index in [4.69, 9.17) is 5.73 Å². The molecule has 1 saturated heterocycles. The van der Waals surface area contributed by atoms with Crippen LogP contribution in [0.4, 0.5) is 5.69 Å². The number of anilines is 1. The molecule has 0 bridgehead atoms. The number of aromatic nitrogens is 1. The van der Waals surface area contributed by atoms with E-state index in [0.717, 1.165) is 13.1 Å². The van der Waals surface area contributed by atoms with Crippen LogP contribution >= 0.6 is 0 Å². The summed E-state index contributed by atoms with van der Waals surface area (Å²) < 4.78 is 0. The van der Waals surface area contributed by atoms with Crippen molar-refractivity contribution in [2.24, 2.45) is 11.1 Å². The molecule has 3 heteroatoms. The molecule has 1 aromatic heterocycles. The first kappa shape index (κ1) is 12.4. The van der Waals surface area contributed by atoms with Crippen LogP contribution in [0.5, 0.6) is 0 Å². The van der Waals surface area contributed by atoms with E-state index in [2.05, 4.69) is 23.7 Å². The van der Waals surface area contributed by atoms with E-state index in [9.17, 15) is 0 Å². The van der Waals surface area contributed by atoms with Crippen LogP contribution in [-0.4, -0.2) is 18.1 Å². The number of piperidine rings is 1. The van der Waals surface area contributed by atoms with Crippen molar-refractivity contribution in [1.29, 1.82) is 0 Å². The van der Waals surface area contributed by atoms with Crippen LogP contribution in [0.15, 0.2) is 18.5 Å². The van der Waals surface area contributed by atoms with Gasteiger partial charge in [0.15, 0.2) is 0 Å². The summed E-state index contributed by atoms with van der Waals surface area (Å²) in [5.74, 6) is 0. The average Bonchev–Trinajstić information content (AvgIpc) is 2.40. The van der Waals surface area contributed by atoms with Gasteiger partial charge >= 0.3 is 0 Å². The second kappa shape index (κ2) is 5.05. The van der Waals surface area contributed by atoms with Crippen molar-refractivity contribution in [2.75, 3.05) is 18.0 Å². The Balaban J connectivity index is 2.10. The third-order valence-corrected chi connectivity index (χ3v) is 4.27. The molecule has 3 nitrogen and oxygen atoms in total. The molecular weight excluding hydrogens is 210 g/mol. The average molecular weight is 233 g/mol. The summed E-state index contributed by atoms with van der Waals surface area (Å²) >= 11 is 0. The van der Waals surface area contributed by atoms with Crippen molar-refractivity contribution in [1.82, 2.24) is 4.98 Å². The molecule has 1 aliphatic rings. The van der Waals surface area contributed by atoms with Crippen LogP contribution in [-0.2, 0) is 6.54 Å². The summed E-state index contributed by atoms with van der Waals surface area (Å²) in [6.07, 6.45) is 7.59. The van der Waals surface area contributed by atoms with Gasteiger partial charge in [0.05, 0.1) is 11.9 Å². The van der Waals surface area contributed by atoms with Gasteiger partial charge in [0.2, 0.25) is 0 Å². The van der Waals surface area contributed by atoms with Gasteiger partial charge in [-0.15, -0.1) is 0 Å². The fourth-order valence-corrected chi connectivity index (χ4v) is 2.51. The summed E-state index contributed by atoms with van der Waals surface area (Å²) in [6.45, 7) is 7.55. The fourth-order valence-electron chi connectivity index (χ4n) is 2.51. The standard InChI is InChI=1S/C14H23N3/c1-3-14(2)5-8-17(9-6-14)13-11-16-7-4-12(13)10-15/h4,7,11H,3,5-6,8-10,15H2,1-2H3. The van der Waals surface area contributed by atoms with Gasteiger partial charge in [0, 0.05) is 25.8 Å². The monoisotopic (exact) mass is 233 g/mol. The Morgan fingerprint density at radius 3 is 2.71 bits per heavy atom. The molecule has 0 unspecified atom stereocenters. The minimum atomic E-state index is 0.529. The van der Waals surface area contributed by atoms with Crippen LogP contribution in [0.25, 0.3) is 0 Å². The van der Waals surface area contributed by atoms with Crippen LogP contribution in [0.1, 0.15) is 38.7 Å². The number of hydrogen-bond donors (Lipinski definition) is 1. The molecule has 0 aliphatic carbocycles. The topological polar surface area (TPSA) is 42.2 Å². The maximum atomic E-state index is 5.78. The summed E-state index contributed by atoms with van der Waals surface area (Å²) in [6, 6.07) is 2.03. The van der Waals surface area contributed by atoms with E-state index < -0.39 is 0 Å². The van der Waals surface area contributed by atoms with Gasteiger partial charge in [0.25, 0.3) is 0 Å². The summed E-state index contributed by atoms with van der Waals surface area (Å²) in [5, 5.41) is 0. The van der Waals surface area contributed by atoms with E-state index in [1.54, 1.807) is 0 Å². The van der Waals surface area contributed by atoms with Gasteiger partial charge < -0.3 is 10.6 Å². The Kier molecular flexibility index (Phi) is 3.67. The quantitative estimate of drug-likeness (QED) is 0.872. The van der Waals surface area contributed by atoms with Gasteiger partial charge in [-0.1, -0.05) is 20.3 Å². The molecule has 0 radical (unpaired) electrons. The minimum absolute atomic E-state index is 0.529. The molecule has 0 atom stereocenters. The lowest BCUT2D eigenvalue weighted by Crippen LogP contribution is -2.39. The third-order valence-electron chi connectivity index (χ3n) is 4.27. The minimum Gasteiger partial charge on any atom is -0.370 e. The molecule has 17 heavy (non-hydrogen) atoms. The van der Waals surface area contributed by atoms with Gasteiger partial charge in [-0.05, 0) is 29.9 Å². The zero-order chi connectivity index (χ0) is 12.3. The van der Waals surface area contributed by atoms with Crippen LogP contribution in [0, 0.1) is 5.41 Å². The lowest BCUT2D eigenvalue weighted by atomic mass is 9.78. The fraction of sp³-hybridized carbons (Fsp3) is 0.643. The smallest absolute Gasteiger partial charge is 0.0598 e. The van der Waals surface area contributed by atoms with E-state index >= 15 is 0 Å². The van der Waals surface area contributed by atoms with E-state index in [-0.39, 0.29) is 0 Å². The lowest BCUT2D eigenvalue weighted by Gasteiger charge is -2.40. The van der Waals surface area contributed by atoms with Gasteiger partial charge in [-0.3, -0.25) is 4.98 Å². The van der Waals surface area contributed by atoms with E-state index in [0.29, 0.717) is 12.0 Å². The number of nitrogens with two attached hydrogens (primary N) is 1. The Hall–Kier alpha value is -1.09. The number of rotatable bonds is 3. The number of pyridine rings is 1. The number of nitrogens with zero attached hydrogens (tertiary/aromatic N) is 2. The Morgan fingerprint density at radius 2 is 2.12 bits per heavy atom. The van der Waals surface area contributed by atoms with Gasteiger partial charge in [-0.25, -0.2) is 0 Å². The second-order valence-electron chi connectivity index (χ2n) is 5.36. The zero-order valence-corrected chi connectivity index (χ0v) is 10.9. The Labute approximate surface area is 104 Å². The van der Waals surface area contributed by atoms with Crippen molar-refractivity contribution in [3.8, 4) is 0 Å². The Morgan fingerprint density at radius 1 is 1.41 bits per heavy atom. The highest BCUT2D eigenvalue weighted by molar-refractivity contribution is 5.52. The molecular formula is C14H23N3. The molecule has 0 saturated carbocycles. The first-order valence-corrected chi connectivity index (χ1v) is 6.56. The largest absolute Gasteiger partial charge is 0.370 e. The molecule has 94 valence electrons. The van der Waals surface area contributed by atoms with Crippen molar-refractivity contribution < 1.29 is 0 Å². The second-order valence-corrected chi connectivity index (χ2v) is 5.36. The molecule has 0 spiro atoms. The maximum Gasteiger partial charge on any atom is 0.0598 e. The van der Waals surface area contributed by atoms with Crippen molar-refractivity contribution in [3.63, 3.8) is 0 Å². The van der Waals surface area contributed by atoms with E-state index in [1.807, 2.05) is 18.5 Å². The highest BCUT2D eigenvalue weighted by atomic mass is 15.1. The third kappa shape index (κ3) is 2.60. The summed E-state index contributed by atoms with van der Waals surface area (Å²) in [4.78, 5) is 6.66. The lowest BCUT2D eigenvalue weighted by molar-refractivity contribution is 0.238. The molecule has 0 amide bonds. The van der Waals surface area contributed by atoms with Crippen molar-refractivity contribution >= 4 is 5.69 Å². The van der Waals surface area contributed by atoms with Crippen LogP contribution < -0.4 is 10.6 Å². The molecule has 0 aromatic carbocycles. The summed E-state index contributed by atoms with van der Waals surface area (Å²) in [7, 11) is 0. The normalized spacial score (nSPS) is 19.4. The van der Waals surface area contributed by atoms with Gasteiger partial charge in [-0.2, -0.15) is 0 Å². The predicted octanol–water partition coefficient (Wildman–Crippen LogP) is 2.56. The maximum absolute atomic E-state index is 5.78.